The van der Waals surface area contributed by atoms with E-state index in [0.717, 1.165) is 10.7 Å². The van der Waals surface area contributed by atoms with Crippen LogP contribution in [0.4, 0.5) is 17.1 Å². The molecule has 0 fully saturated rings. The zero-order valence-corrected chi connectivity index (χ0v) is 17.6. The van der Waals surface area contributed by atoms with Crippen molar-refractivity contribution < 1.29 is 18.8 Å². The summed E-state index contributed by atoms with van der Waals surface area (Å²) in [5.41, 5.74) is 1.82. The van der Waals surface area contributed by atoms with Gasteiger partial charge in [-0.2, -0.15) is 0 Å². The number of fused-ring (bicyclic) bond motifs is 1. The van der Waals surface area contributed by atoms with E-state index in [9.17, 15) is 14.4 Å². The van der Waals surface area contributed by atoms with E-state index in [0.29, 0.717) is 17.1 Å². The van der Waals surface area contributed by atoms with Crippen molar-refractivity contribution in [2.24, 2.45) is 0 Å². The fourth-order valence-corrected chi connectivity index (χ4v) is 4.65. The summed E-state index contributed by atoms with van der Waals surface area (Å²) in [6.45, 7) is 1.30. The fraction of sp³-hybridized carbons (Fsp3) is 0.174. The minimum Gasteiger partial charge on any atom is -0.468 e. The molecule has 158 valence electrons. The Morgan fingerprint density at radius 1 is 1.06 bits per heavy atom. The zero-order valence-electron chi connectivity index (χ0n) is 16.8. The van der Waals surface area contributed by atoms with Crippen molar-refractivity contribution in [3.8, 4) is 0 Å². The Hall–Kier alpha value is -3.52. The second-order valence-electron chi connectivity index (χ2n) is 7.08. The molecular weight excluding hydrogens is 414 g/mol. The normalized spacial score (nSPS) is 15.7. The summed E-state index contributed by atoms with van der Waals surface area (Å²) < 4.78 is 5.53. The van der Waals surface area contributed by atoms with Gasteiger partial charge in [0.25, 0.3) is 0 Å². The van der Waals surface area contributed by atoms with Crippen molar-refractivity contribution in [3.05, 3.63) is 72.7 Å². The van der Waals surface area contributed by atoms with Crippen molar-refractivity contribution in [2.75, 3.05) is 22.1 Å². The Balaban J connectivity index is 1.53. The highest BCUT2D eigenvalue weighted by molar-refractivity contribution is 7.99. The highest BCUT2D eigenvalue weighted by atomic mass is 32.2. The number of nitrogens with one attached hydrogen (secondary N) is 2. The van der Waals surface area contributed by atoms with Gasteiger partial charge in [-0.25, -0.2) is 0 Å². The molecule has 0 unspecified atom stereocenters. The monoisotopic (exact) mass is 435 g/mol. The molecule has 1 aliphatic rings. The molecule has 1 aliphatic heterocycles. The van der Waals surface area contributed by atoms with E-state index in [1.54, 1.807) is 48.4 Å². The second kappa shape index (κ2) is 9.09. The Kier molecular flexibility index (Phi) is 6.08. The van der Waals surface area contributed by atoms with E-state index in [4.69, 9.17) is 4.42 Å². The Morgan fingerprint density at radius 2 is 1.84 bits per heavy atom. The molecule has 0 aliphatic carbocycles. The van der Waals surface area contributed by atoms with Gasteiger partial charge in [0, 0.05) is 29.6 Å². The maximum absolute atomic E-state index is 13.1. The van der Waals surface area contributed by atoms with Gasteiger partial charge >= 0.3 is 0 Å². The molecule has 2 heterocycles. The van der Waals surface area contributed by atoms with Gasteiger partial charge in [-0.05, 0) is 42.5 Å². The third-order valence-corrected chi connectivity index (χ3v) is 6.00. The van der Waals surface area contributed by atoms with Crippen molar-refractivity contribution in [2.45, 2.75) is 23.5 Å². The van der Waals surface area contributed by atoms with Gasteiger partial charge in [0.2, 0.25) is 17.7 Å². The maximum Gasteiger partial charge on any atom is 0.244 e. The summed E-state index contributed by atoms with van der Waals surface area (Å²) >= 11 is 1.55. The summed E-state index contributed by atoms with van der Waals surface area (Å²) in [5.74, 6) is 0.0543. The summed E-state index contributed by atoms with van der Waals surface area (Å²) in [6.07, 6.45) is 1.82. The predicted molar refractivity (Wildman–Crippen MR) is 120 cm³/mol. The Labute approximate surface area is 183 Å². The van der Waals surface area contributed by atoms with Crippen LogP contribution in [-0.4, -0.2) is 24.3 Å². The molecule has 0 radical (unpaired) electrons. The first-order valence-corrected chi connectivity index (χ1v) is 10.6. The molecule has 0 bridgehead atoms. The first-order chi connectivity index (χ1) is 15.0. The summed E-state index contributed by atoms with van der Waals surface area (Å²) in [7, 11) is 0. The van der Waals surface area contributed by atoms with E-state index < -0.39 is 0 Å². The van der Waals surface area contributed by atoms with Crippen LogP contribution in [0.15, 0.2) is 76.2 Å². The minimum absolute atomic E-state index is 0.119. The molecule has 0 saturated heterocycles. The molecule has 3 aromatic rings. The van der Waals surface area contributed by atoms with E-state index in [1.807, 2.05) is 30.3 Å². The number of carbonyl (C=O) groups excluding carboxylic acids is 3. The average Bonchev–Trinajstić information content (AvgIpc) is 3.22. The Morgan fingerprint density at radius 3 is 2.58 bits per heavy atom. The molecule has 7 nitrogen and oxygen atoms in total. The summed E-state index contributed by atoms with van der Waals surface area (Å²) in [4.78, 5) is 39.5. The topological polar surface area (TPSA) is 91.7 Å². The van der Waals surface area contributed by atoms with Gasteiger partial charge in [-0.15, -0.1) is 11.8 Å². The van der Waals surface area contributed by atoms with Gasteiger partial charge in [0.15, 0.2) is 0 Å². The smallest absolute Gasteiger partial charge is 0.244 e. The predicted octanol–water partition coefficient (Wildman–Crippen LogP) is 4.45. The molecule has 4 rings (SSSR count). The molecule has 31 heavy (non-hydrogen) atoms. The van der Waals surface area contributed by atoms with Crippen LogP contribution in [0.5, 0.6) is 0 Å². The molecule has 1 atom stereocenters. The van der Waals surface area contributed by atoms with Crippen LogP contribution in [-0.2, 0) is 14.4 Å². The number of furan rings is 1. The first kappa shape index (κ1) is 20.7. The van der Waals surface area contributed by atoms with Crippen LogP contribution in [0.1, 0.15) is 24.4 Å². The highest BCUT2D eigenvalue weighted by Gasteiger charge is 2.31. The second-order valence-corrected chi connectivity index (χ2v) is 8.33. The number of hydrogen-bond acceptors (Lipinski definition) is 5. The van der Waals surface area contributed by atoms with E-state index in [-0.39, 0.29) is 35.9 Å². The lowest BCUT2D eigenvalue weighted by molar-refractivity contribution is -0.121. The van der Waals surface area contributed by atoms with Crippen LogP contribution in [0.3, 0.4) is 0 Å². The van der Waals surface area contributed by atoms with E-state index in [1.165, 1.54) is 11.8 Å². The number of amides is 3. The lowest BCUT2D eigenvalue weighted by Crippen LogP contribution is -2.38. The van der Waals surface area contributed by atoms with Crippen LogP contribution >= 0.6 is 11.8 Å². The number of thioether (sulfide) groups is 1. The molecule has 2 aromatic carbocycles. The molecule has 3 amide bonds. The van der Waals surface area contributed by atoms with Crippen molar-refractivity contribution in [1.29, 1.82) is 0 Å². The average molecular weight is 436 g/mol. The SMILES string of the molecule is CC(=O)Nc1cccc(NC(=O)CN2C(=O)C[C@@H](c3ccco3)Sc3ccccc32)c1. The molecule has 0 saturated carbocycles. The van der Waals surface area contributed by atoms with E-state index in [2.05, 4.69) is 10.6 Å². The zero-order chi connectivity index (χ0) is 21.8. The van der Waals surface area contributed by atoms with Crippen molar-refractivity contribution >= 4 is 46.5 Å². The number of anilines is 3. The molecule has 0 spiro atoms. The van der Waals surface area contributed by atoms with Crippen LogP contribution in [0.25, 0.3) is 0 Å². The Bertz CT molecular complexity index is 1110. The van der Waals surface area contributed by atoms with Gasteiger partial charge in [-0.3, -0.25) is 14.4 Å². The lowest BCUT2D eigenvalue weighted by atomic mass is 10.2. The standard InChI is InChI=1S/C23H21N3O4S/c1-15(27)24-16-6-4-7-17(12-16)25-22(28)14-26-18-8-2-3-10-20(18)31-21(13-23(26)29)19-9-5-11-30-19/h2-12,21H,13-14H2,1H3,(H,24,27)(H,25,28)/t21-/m0/s1. The minimum atomic E-state index is -0.329. The van der Waals surface area contributed by atoms with Gasteiger partial charge in [0.05, 0.1) is 17.2 Å². The number of nitrogens with zero attached hydrogens (tertiary/aromatic N) is 1. The summed E-state index contributed by atoms with van der Waals surface area (Å²) in [6, 6.07) is 18.1. The molecule has 1 aromatic heterocycles. The maximum atomic E-state index is 13.1. The summed E-state index contributed by atoms with van der Waals surface area (Å²) in [5, 5.41) is 5.32. The first-order valence-electron chi connectivity index (χ1n) is 9.76. The van der Waals surface area contributed by atoms with E-state index >= 15 is 0 Å². The van der Waals surface area contributed by atoms with Gasteiger partial charge in [0.1, 0.15) is 12.3 Å². The number of para-hydroxylation sites is 1. The number of rotatable bonds is 5. The molecule has 8 heteroatoms. The largest absolute Gasteiger partial charge is 0.468 e. The van der Waals surface area contributed by atoms with Crippen molar-refractivity contribution in [3.63, 3.8) is 0 Å². The van der Waals surface area contributed by atoms with Gasteiger partial charge in [-0.1, -0.05) is 18.2 Å². The van der Waals surface area contributed by atoms with Crippen LogP contribution in [0.2, 0.25) is 0 Å². The van der Waals surface area contributed by atoms with Crippen LogP contribution < -0.4 is 15.5 Å². The molecule has 2 N–H and O–H groups in total. The number of carbonyl (C=O) groups is 3. The number of hydrogen-bond donors (Lipinski definition) is 2. The molecular formula is C23H21N3O4S. The third kappa shape index (κ3) is 4.97. The quantitative estimate of drug-likeness (QED) is 0.618. The third-order valence-electron chi connectivity index (χ3n) is 4.72. The van der Waals surface area contributed by atoms with Crippen molar-refractivity contribution in [1.82, 2.24) is 0 Å². The number of benzene rings is 2. The van der Waals surface area contributed by atoms with Crippen LogP contribution in [0, 0.1) is 0 Å². The highest BCUT2D eigenvalue weighted by Crippen LogP contribution is 2.45. The lowest BCUT2D eigenvalue weighted by Gasteiger charge is -2.22. The fourth-order valence-electron chi connectivity index (χ4n) is 3.41. The van der Waals surface area contributed by atoms with Gasteiger partial charge < -0.3 is 20.0 Å².